The van der Waals surface area contributed by atoms with E-state index in [2.05, 4.69) is 142 Å². The van der Waals surface area contributed by atoms with Crippen molar-refractivity contribution >= 4 is 17.9 Å². The van der Waals surface area contributed by atoms with Crippen LogP contribution in [-0.4, -0.2) is 37.2 Å². The molecule has 0 amide bonds. The summed E-state index contributed by atoms with van der Waals surface area (Å²) in [6.45, 7) is 6.36. The zero-order valence-corrected chi connectivity index (χ0v) is 50.2. The van der Waals surface area contributed by atoms with Crippen LogP contribution in [0.15, 0.2) is 122 Å². The highest BCUT2D eigenvalue weighted by molar-refractivity contribution is 5.71. The first-order valence-electron chi connectivity index (χ1n) is 32.0. The van der Waals surface area contributed by atoms with Crippen LogP contribution in [0.3, 0.4) is 0 Å². The van der Waals surface area contributed by atoms with Gasteiger partial charge in [0, 0.05) is 19.3 Å². The topological polar surface area (TPSA) is 78.9 Å². The molecule has 0 aliphatic carbocycles. The summed E-state index contributed by atoms with van der Waals surface area (Å²) in [6, 6.07) is 0. The van der Waals surface area contributed by atoms with E-state index in [0.717, 1.165) is 116 Å². The SMILES string of the molecule is CC/C=C\C/C=C\C/C=C\C/C=C\C/C=C\CCCC(=O)OC(COC(=O)CCCCCCC/C=C\CCCCCC)COC(=O)CCCCCCCCCCCCCCCCCC/C=C\C/C=C\C/C=C\C/C=C\CC. The third-order valence-electron chi connectivity index (χ3n) is 13.4. The van der Waals surface area contributed by atoms with E-state index in [1.165, 1.54) is 128 Å². The van der Waals surface area contributed by atoms with Gasteiger partial charge in [0.25, 0.3) is 0 Å². The van der Waals surface area contributed by atoms with Gasteiger partial charge in [-0.15, -0.1) is 0 Å². The molecule has 0 saturated carbocycles. The number of carbonyl (C=O) groups excluding carboxylic acids is 3. The smallest absolute Gasteiger partial charge is 0.306 e. The molecule has 0 aromatic heterocycles. The van der Waals surface area contributed by atoms with Gasteiger partial charge in [0.1, 0.15) is 13.2 Å². The number of unbranched alkanes of at least 4 members (excludes halogenated alkanes) is 26. The largest absolute Gasteiger partial charge is 0.462 e. The number of esters is 3. The van der Waals surface area contributed by atoms with E-state index in [0.29, 0.717) is 19.3 Å². The van der Waals surface area contributed by atoms with Crippen molar-refractivity contribution in [2.24, 2.45) is 0 Å². The van der Waals surface area contributed by atoms with Gasteiger partial charge < -0.3 is 14.2 Å². The van der Waals surface area contributed by atoms with Crippen molar-refractivity contribution < 1.29 is 28.6 Å². The van der Waals surface area contributed by atoms with Crippen molar-refractivity contribution in [1.82, 2.24) is 0 Å². The van der Waals surface area contributed by atoms with Gasteiger partial charge in [-0.05, 0) is 122 Å². The first-order valence-corrected chi connectivity index (χ1v) is 32.0. The predicted octanol–water partition coefficient (Wildman–Crippen LogP) is 22.0. The zero-order valence-electron chi connectivity index (χ0n) is 50.2. The standard InChI is InChI=1S/C71H118O6/c1-4-7-10-13-16-19-22-25-27-29-30-31-32-33-34-35-36-37-38-39-40-42-43-46-49-52-55-58-61-64-70(73)76-67-68(66-75-69(72)63-60-57-54-51-48-45-24-21-18-15-12-9-6-3)77-71(74)65-62-59-56-53-50-47-44-41-28-26-23-20-17-14-11-8-5-2/h7-8,10-11,16-17,19-21,24-28,30-31,44,47,53,56,68H,4-6,9,12-15,18,22-23,29,32-43,45-46,48-52,54-55,57-67H2,1-3H3/b10-7-,11-8-,19-16-,20-17-,24-21-,27-25-,28-26-,31-30-,47-44-,56-53-. The van der Waals surface area contributed by atoms with Crippen molar-refractivity contribution in [3.63, 3.8) is 0 Å². The molecule has 0 rings (SSSR count). The van der Waals surface area contributed by atoms with Crippen LogP contribution in [0.5, 0.6) is 0 Å². The van der Waals surface area contributed by atoms with Gasteiger partial charge in [-0.25, -0.2) is 0 Å². The fraction of sp³-hybridized carbons (Fsp3) is 0.676. The molecule has 6 nitrogen and oxygen atoms in total. The number of rotatable bonds is 57. The molecule has 0 aromatic rings. The zero-order chi connectivity index (χ0) is 55.7. The first-order chi connectivity index (χ1) is 38.0. The summed E-state index contributed by atoms with van der Waals surface area (Å²) in [6.07, 6.45) is 89.4. The van der Waals surface area contributed by atoms with Crippen LogP contribution in [-0.2, 0) is 28.6 Å². The minimum atomic E-state index is -0.813. The molecule has 438 valence electrons. The van der Waals surface area contributed by atoms with Crippen LogP contribution in [0.2, 0.25) is 0 Å². The molecule has 0 heterocycles. The molecule has 6 heteroatoms. The fourth-order valence-electron chi connectivity index (χ4n) is 8.70. The van der Waals surface area contributed by atoms with Gasteiger partial charge in [-0.2, -0.15) is 0 Å². The minimum Gasteiger partial charge on any atom is -0.462 e. The Labute approximate surface area is 475 Å². The van der Waals surface area contributed by atoms with Crippen LogP contribution >= 0.6 is 0 Å². The minimum absolute atomic E-state index is 0.104. The lowest BCUT2D eigenvalue weighted by atomic mass is 10.0. The molecule has 1 unspecified atom stereocenters. The molecule has 0 aliphatic rings. The summed E-state index contributed by atoms with van der Waals surface area (Å²) in [4.78, 5) is 38.2. The molecule has 0 spiro atoms. The first kappa shape index (κ1) is 72.8. The maximum atomic E-state index is 12.9. The molecular formula is C71H118O6. The average Bonchev–Trinajstić information content (AvgIpc) is 3.43. The Bertz CT molecular complexity index is 1600. The van der Waals surface area contributed by atoms with Crippen molar-refractivity contribution in [2.45, 2.75) is 297 Å². The van der Waals surface area contributed by atoms with E-state index in [9.17, 15) is 14.4 Å². The van der Waals surface area contributed by atoms with Crippen LogP contribution in [0.1, 0.15) is 290 Å². The van der Waals surface area contributed by atoms with E-state index < -0.39 is 6.10 Å². The molecule has 0 aromatic carbocycles. The van der Waals surface area contributed by atoms with Crippen molar-refractivity contribution in [3.8, 4) is 0 Å². The molecule has 0 bridgehead atoms. The molecular weight excluding hydrogens is 949 g/mol. The van der Waals surface area contributed by atoms with Gasteiger partial charge in [0.2, 0.25) is 0 Å². The molecule has 77 heavy (non-hydrogen) atoms. The van der Waals surface area contributed by atoms with Crippen molar-refractivity contribution in [1.29, 1.82) is 0 Å². The molecule has 0 saturated heterocycles. The van der Waals surface area contributed by atoms with Gasteiger partial charge >= 0.3 is 17.9 Å². The molecule has 0 aliphatic heterocycles. The lowest BCUT2D eigenvalue weighted by Gasteiger charge is -2.18. The number of hydrogen-bond donors (Lipinski definition) is 0. The van der Waals surface area contributed by atoms with Gasteiger partial charge in [0.15, 0.2) is 6.10 Å². The molecule has 1 atom stereocenters. The third kappa shape index (κ3) is 62.5. The normalized spacial score (nSPS) is 12.9. The molecule has 0 radical (unpaired) electrons. The Balaban J connectivity index is 4.30. The van der Waals surface area contributed by atoms with Crippen molar-refractivity contribution in [3.05, 3.63) is 122 Å². The van der Waals surface area contributed by atoms with Crippen LogP contribution in [0, 0.1) is 0 Å². The van der Waals surface area contributed by atoms with E-state index in [1.807, 2.05) is 0 Å². The maximum absolute atomic E-state index is 12.9. The summed E-state index contributed by atoms with van der Waals surface area (Å²) < 4.78 is 16.8. The summed E-state index contributed by atoms with van der Waals surface area (Å²) in [5.74, 6) is -0.967. The highest BCUT2D eigenvalue weighted by atomic mass is 16.6. The highest BCUT2D eigenvalue weighted by Crippen LogP contribution is 2.16. The van der Waals surface area contributed by atoms with Gasteiger partial charge in [-0.1, -0.05) is 271 Å². The van der Waals surface area contributed by atoms with Crippen LogP contribution < -0.4 is 0 Å². The van der Waals surface area contributed by atoms with E-state index in [4.69, 9.17) is 14.2 Å². The Morgan fingerprint density at radius 3 is 0.844 bits per heavy atom. The lowest BCUT2D eigenvalue weighted by molar-refractivity contribution is -0.167. The second-order valence-electron chi connectivity index (χ2n) is 20.9. The summed E-state index contributed by atoms with van der Waals surface area (Å²) in [5.41, 5.74) is 0. The third-order valence-corrected chi connectivity index (χ3v) is 13.4. The second kappa shape index (κ2) is 64.3. The quantitative estimate of drug-likeness (QED) is 0.0261. The monoisotopic (exact) mass is 1070 g/mol. The summed E-state index contributed by atoms with van der Waals surface area (Å²) in [7, 11) is 0. The van der Waals surface area contributed by atoms with Crippen LogP contribution in [0.25, 0.3) is 0 Å². The number of allylic oxidation sites excluding steroid dienone is 20. The Morgan fingerprint density at radius 2 is 0.519 bits per heavy atom. The Hall–Kier alpha value is -4.19. The second-order valence-corrected chi connectivity index (χ2v) is 20.9. The number of hydrogen-bond acceptors (Lipinski definition) is 6. The number of carbonyl (C=O) groups is 3. The Kier molecular flexibility index (Phi) is 60.8. The van der Waals surface area contributed by atoms with Crippen LogP contribution in [0.4, 0.5) is 0 Å². The Morgan fingerprint density at radius 1 is 0.273 bits per heavy atom. The average molecular weight is 1070 g/mol. The van der Waals surface area contributed by atoms with E-state index >= 15 is 0 Å². The van der Waals surface area contributed by atoms with Crippen molar-refractivity contribution in [2.75, 3.05) is 13.2 Å². The highest BCUT2D eigenvalue weighted by Gasteiger charge is 2.19. The summed E-state index contributed by atoms with van der Waals surface area (Å²) in [5, 5.41) is 0. The predicted molar refractivity (Wildman–Crippen MR) is 334 cm³/mol. The number of ether oxygens (including phenoxy) is 3. The lowest BCUT2D eigenvalue weighted by Crippen LogP contribution is -2.30. The molecule has 0 fully saturated rings. The molecule has 0 N–H and O–H groups in total. The van der Waals surface area contributed by atoms with Gasteiger partial charge in [-0.3, -0.25) is 14.4 Å². The fourth-order valence-corrected chi connectivity index (χ4v) is 8.70. The summed E-state index contributed by atoms with van der Waals surface area (Å²) >= 11 is 0. The van der Waals surface area contributed by atoms with Gasteiger partial charge in [0.05, 0.1) is 0 Å². The van der Waals surface area contributed by atoms with E-state index in [-0.39, 0.29) is 37.5 Å². The maximum Gasteiger partial charge on any atom is 0.306 e. The van der Waals surface area contributed by atoms with E-state index in [1.54, 1.807) is 0 Å².